The molecule has 112 valence electrons. The van der Waals surface area contributed by atoms with Crippen LogP contribution in [0.3, 0.4) is 0 Å². The summed E-state index contributed by atoms with van der Waals surface area (Å²) in [7, 11) is 0. The Bertz CT molecular complexity index is 885. The van der Waals surface area contributed by atoms with E-state index in [1.54, 1.807) is 24.4 Å². The number of nitrogens with one attached hydrogen (secondary N) is 1. The van der Waals surface area contributed by atoms with Gasteiger partial charge in [0.15, 0.2) is 12.3 Å². The summed E-state index contributed by atoms with van der Waals surface area (Å²) in [5.74, 6) is 4.10. The van der Waals surface area contributed by atoms with E-state index in [4.69, 9.17) is 21.2 Å². The van der Waals surface area contributed by atoms with Crippen LogP contribution in [0, 0.1) is 23.7 Å². The Hall–Kier alpha value is -3.51. The number of nitriles is 1. The first-order valence-corrected chi connectivity index (χ1v) is 6.83. The van der Waals surface area contributed by atoms with Gasteiger partial charge < -0.3 is 14.5 Å². The predicted octanol–water partition coefficient (Wildman–Crippen LogP) is 2.54. The van der Waals surface area contributed by atoms with Gasteiger partial charge in [0.2, 0.25) is 0 Å². The molecule has 2 heterocycles. The molecule has 0 saturated heterocycles. The minimum absolute atomic E-state index is 0.0392. The second kappa shape index (κ2) is 6.50. The maximum atomic E-state index is 8.60. The van der Waals surface area contributed by atoms with Gasteiger partial charge in [-0.25, -0.2) is 9.97 Å². The summed E-state index contributed by atoms with van der Waals surface area (Å²) in [5.41, 5.74) is 2.19. The standard InChI is InChI=1S/C17H12N4O2/c1-2-9-23-15-11-12(22-10-7-18)5-6-13(15)16-20-14-4-3-8-19-17(14)21-16/h1,3-6,8,11H,9-10H2,(H,19,20,21). The minimum atomic E-state index is -0.0392. The summed E-state index contributed by atoms with van der Waals surface area (Å²) in [6, 6.07) is 10.9. The number of H-pyrrole nitrogens is 1. The van der Waals surface area contributed by atoms with Gasteiger partial charge in [0.05, 0.1) is 11.1 Å². The van der Waals surface area contributed by atoms with E-state index in [1.807, 2.05) is 18.2 Å². The predicted molar refractivity (Wildman–Crippen MR) is 84.8 cm³/mol. The lowest BCUT2D eigenvalue weighted by Gasteiger charge is -2.10. The first kappa shape index (κ1) is 14.4. The average molecular weight is 304 g/mol. The summed E-state index contributed by atoms with van der Waals surface area (Å²) in [5, 5.41) is 8.60. The van der Waals surface area contributed by atoms with E-state index in [2.05, 4.69) is 20.9 Å². The summed E-state index contributed by atoms with van der Waals surface area (Å²) in [4.78, 5) is 11.8. The number of nitrogens with zero attached hydrogens (tertiary/aromatic N) is 3. The van der Waals surface area contributed by atoms with E-state index in [0.717, 1.165) is 11.1 Å². The van der Waals surface area contributed by atoms with Gasteiger partial charge in [-0.05, 0) is 24.3 Å². The van der Waals surface area contributed by atoms with Crippen molar-refractivity contribution < 1.29 is 9.47 Å². The normalized spacial score (nSPS) is 10.0. The van der Waals surface area contributed by atoms with Crippen LogP contribution in [0.4, 0.5) is 0 Å². The summed E-state index contributed by atoms with van der Waals surface area (Å²) < 4.78 is 10.9. The summed E-state index contributed by atoms with van der Waals surface area (Å²) in [6.45, 7) is 0.0790. The van der Waals surface area contributed by atoms with Gasteiger partial charge in [-0.2, -0.15) is 5.26 Å². The monoisotopic (exact) mass is 304 g/mol. The molecular formula is C17H12N4O2. The lowest BCUT2D eigenvalue weighted by molar-refractivity contribution is 0.351. The third kappa shape index (κ3) is 3.07. The fourth-order valence-electron chi connectivity index (χ4n) is 2.12. The Kier molecular flexibility index (Phi) is 4.08. The lowest BCUT2D eigenvalue weighted by atomic mass is 10.2. The minimum Gasteiger partial charge on any atom is -0.480 e. The highest BCUT2D eigenvalue weighted by Gasteiger charge is 2.13. The molecular weight excluding hydrogens is 292 g/mol. The van der Waals surface area contributed by atoms with Crippen LogP contribution in [-0.4, -0.2) is 28.2 Å². The number of imidazole rings is 1. The second-order valence-corrected chi connectivity index (χ2v) is 4.56. The van der Waals surface area contributed by atoms with Gasteiger partial charge in [0.25, 0.3) is 0 Å². The Morgan fingerprint density at radius 1 is 1.22 bits per heavy atom. The van der Waals surface area contributed by atoms with Gasteiger partial charge >= 0.3 is 0 Å². The molecule has 0 fully saturated rings. The first-order valence-electron chi connectivity index (χ1n) is 6.83. The molecule has 0 spiro atoms. The van der Waals surface area contributed by atoms with Crippen molar-refractivity contribution in [1.29, 1.82) is 5.26 Å². The van der Waals surface area contributed by atoms with Crippen molar-refractivity contribution in [2.24, 2.45) is 0 Å². The van der Waals surface area contributed by atoms with Crippen molar-refractivity contribution in [1.82, 2.24) is 15.0 Å². The first-order chi connectivity index (χ1) is 11.3. The molecule has 0 radical (unpaired) electrons. The number of pyridine rings is 1. The molecule has 0 aliphatic carbocycles. The highest BCUT2D eigenvalue weighted by molar-refractivity contribution is 5.77. The molecule has 0 aliphatic heterocycles. The molecule has 1 N–H and O–H groups in total. The molecule has 0 unspecified atom stereocenters. The molecule has 0 saturated carbocycles. The fraction of sp³-hybridized carbons (Fsp3) is 0.118. The van der Waals surface area contributed by atoms with Gasteiger partial charge in [-0.3, -0.25) is 0 Å². The van der Waals surface area contributed by atoms with E-state index >= 15 is 0 Å². The molecule has 0 aliphatic rings. The topological polar surface area (TPSA) is 83.8 Å². The number of aromatic amines is 1. The Morgan fingerprint density at radius 3 is 2.91 bits per heavy atom. The largest absolute Gasteiger partial charge is 0.480 e. The van der Waals surface area contributed by atoms with Crippen molar-refractivity contribution in [2.45, 2.75) is 0 Å². The van der Waals surface area contributed by atoms with Crippen LogP contribution in [-0.2, 0) is 0 Å². The molecule has 0 atom stereocenters. The number of terminal acetylenes is 1. The van der Waals surface area contributed by atoms with E-state index < -0.39 is 0 Å². The van der Waals surface area contributed by atoms with Crippen molar-refractivity contribution in [3.63, 3.8) is 0 Å². The van der Waals surface area contributed by atoms with Gasteiger partial charge in [-0.1, -0.05) is 5.92 Å². The molecule has 0 amide bonds. The molecule has 3 rings (SSSR count). The number of fused-ring (bicyclic) bond motifs is 1. The molecule has 23 heavy (non-hydrogen) atoms. The van der Waals surface area contributed by atoms with Crippen LogP contribution in [0.25, 0.3) is 22.6 Å². The number of benzene rings is 1. The van der Waals surface area contributed by atoms with Crippen LogP contribution in [0.5, 0.6) is 11.5 Å². The van der Waals surface area contributed by atoms with Crippen molar-refractivity contribution in [2.75, 3.05) is 13.2 Å². The Balaban J connectivity index is 2.02. The summed E-state index contributed by atoms with van der Waals surface area (Å²) in [6.07, 6.45) is 6.94. The Labute approximate surface area is 132 Å². The maximum Gasteiger partial charge on any atom is 0.178 e. The van der Waals surface area contributed by atoms with E-state index in [0.29, 0.717) is 23.0 Å². The highest BCUT2D eigenvalue weighted by Crippen LogP contribution is 2.32. The smallest absolute Gasteiger partial charge is 0.178 e. The van der Waals surface area contributed by atoms with Crippen LogP contribution in [0.1, 0.15) is 0 Å². The van der Waals surface area contributed by atoms with Crippen molar-refractivity contribution in [3.8, 4) is 41.3 Å². The second-order valence-electron chi connectivity index (χ2n) is 4.56. The molecule has 1 aromatic carbocycles. The van der Waals surface area contributed by atoms with Gasteiger partial charge in [0.1, 0.15) is 30.0 Å². The van der Waals surface area contributed by atoms with E-state index in [9.17, 15) is 0 Å². The fourth-order valence-corrected chi connectivity index (χ4v) is 2.12. The molecule has 2 aromatic heterocycles. The van der Waals surface area contributed by atoms with Crippen LogP contribution >= 0.6 is 0 Å². The zero-order chi connectivity index (χ0) is 16.1. The SMILES string of the molecule is C#CCOc1cc(OCC#N)ccc1-c1nc2ncccc2[nH]1. The molecule has 6 heteroatoms. The zero-order valence-electron chi connectivity index (χ0n) is 12.1. The van der Waals surface area contributed by atoms with Gasteiger partial charge in [0, 0.05) is 12.3 Å². The number of hydrogen-bond acceptors (Lipinski definition) is 5. The van der Waals surface area contributed by atoms with Crippen LogP contribution < -0.4 is 9.47 Å². The molecule has 3 aromatic rings. The number of ether oxygens (including phenoxy) is 2. The quantitative estimate of drug-likeness (QED) is 0.732. The van der Waals surface area contributed by atoms with Crippen molar-refractivity contribution >= 4 is 11.2 Å². The lowest BCUT2D eigenvalue weighted by Crippen LogP contribution is -1.99. The molecule has 6 nitrogen and oxygen atoms in total. The summed E-state index contributed by atoms with van der Waals surface area (Å²) >= 11 is 0. The highest BCUT2D eigenvalue weighted by atomic mass is 16.5. The third-order valence-corrected chi connectivity index (χ3v) is 3.08. The molecule has 0 bridgehead atoms. The van der Waals surface area contributed by atoms with E-state index in [1.165, 1.54) is 0 Å². The number of hydrogen-bond donors (Lipinski definition) is 1. The van der Waals surface area contributed by atoms with Crippen LogP contribution in [0.2, 0.25) is 0 Å². The van der Waals surface area contributed by atoms with Crippen molar-refractivity contribution in [3.05, 3.63) is 36.5 Å². The average Bonchev–Trinajstić information content (AvgIpc) is 3.02. The third-order valence-electron chi connectivity index (χ3n) is 3.08. The zero-order valence-corrected chi connectivity index (χ0v) is 12.1. The Morgan fingerprint density at radius 2 is 2.13 bits per heavy atom. The van der Waals surface area contributed by atoms with E-state index in [-0.39, 0.29) is 13.2 Å². The van der Waals surface area contributed by atoms with Gasteiger partial charge in [-0.15, -0.1) is 6.42 Å². The van der Waals surface area contributed by atoms with Crippen LogP contribution in [0.15, 0.2) is 36.5 Å². The number of aromatic nitrogens is 3. The maximum absolute atomic E-state index is 8.60. The number of rotatable bonds is 5.